The van der Waals surface area contributed by atoms with Crippen LogP contribution in [-0.2, 0) is 25.7 Å². The summed E-state index contributed by atoms with van der Waals surface area (Å²) in [7, 11) is 2.04. The maximum atomic E-state index is 4.46. The summed E-state index contributed by atoms with van der Waals surface area (Å²) in [6, 6.07) is 32.6. The zero-order chi connectivity index (χ0) is 19.0. The van der Waals surface area contributed by atoms with Crippen molar-refractivity contribution in [3.05, 3.63) is 125 Å². The molecule has 0 bridgehead atoms. The van der Waals surface area contributed by atoms with E-state index in [2.05, 4.69) is 101 Å². The Kier molecular flexibility index (Phi) is 4.10. The number of aryl methyl sites for hydroxylation is 1. The van der Waals surface area contributed by atoms with Gasteiger partial charge in [-0.1, -0.05) is 91.0 Å². The predicted molar refractivity (Wildman–Crippen MR) is 112 cm³/mol. The molecule has 3 nitrogen and oxygen atoms in total. The molecule has 3 aromatic carbocycles. The molecule has 0 spiro atoms. The van der Waals surface area contributed by atoms with Crippen LogP contribution in [0.4, 0.5) is 0 Å². The largest absolute Gasteiger partial charge is 0.276 e. The van der Waals surface area contributed by atoms with E-state index in [1.165, 1.54) is 27.9 Å². The van der Waals surface area contributed by atoms with Gasteiger partial charge in [-0.05, 0) is 16.7 Å². The van der Waals surface area contributed by atoms with Crippen LogP contribution in [0.25, 0.3) is 0 Å². The number of nitrogens with zero attached hydrogens (tertiary/aromatic N) is 3. The van der Waals surface area contributed by atoms with Gasteiger partial charge in [0.15, 0.2) is 0 Å². The van der Waals surface area contributed by atoms with E-state index in [9.17, 15) is 0 Å². The molecule has 1 aliphatic heterocycles. The summed E-state index contributed by atoms with van der Waals surface area (Å²) in [4.78, 5) is 2.58. The molecule has 2 heterocycles. The van der Waals surface area contributed by atoms with Gasteiger partial charge in [0.25, 0.3) is 0 Å². The van der Waals surface area contributed by atoms with Gasteiger partial charge in [0.05, 0.1) is 17.4 Å². The second-order valence-electron chi connectivity index (χ2n) is 7.40. The van der Waals surface area contributed by atoms with Gasteiger partial charge in [0, 0.05) is 25.7 Å². The second-order valence-corrected chi connectivity index (χ2v) is 7.40. The maximum Gasteiger partial charge on any atom is 0.0979 e. The van der Waals surface area contributed by atoms with E-state index < -0.39 is 0 Å². The standard InChI is InChI=1S/C25H23N3/c1-27-24-19-28(18-20(24)17-26-27)25(21-11-5-2-6-12-21,22-13-7-3-8-14-22)23-15-9-4-10-16-23/h2-17H,18-19H2,1H3. The van der Waals surface area contributed by atoms with Crippen molar-refractivity contribution in [3.63, 3.8) is 0 Å². The zero-order valence-corrected chi connectivity index (χ0v) is 16.0. The summed E-state index contributed by atoms with van der Waals surface area (Å²) in [6.07, 6.45) is 2.01. The topological polar surface area (TPSA) is 21.1 Å². The molecule has 4 aromatic rings. The van der Waals surface area contributed by atoms with Crippen LogP contribution in [0.1, 0.15) is 27.9 Å². The fraction of sp³-hybridized carbons (Fsp3) is 0.160. The lowest BCUT2D eigenvalue weighted by Crippen LogP contribution is -2.45. The van der Waals surface area contributed by atoms with E-state index in [0.717, 1.165) is 13.1 Å². The normalized spacial score (nSPS) is 14.2. The third kappa shape index (κ3) is 2.51. The minimum Gasteiger partial charge on any atom is -0.276 e. The van der Waals surface area contributed by atoms with Crippen molar-refractivity contribution in [2.24, 2.45) is 7.05 Å². The lowest BCUT2D eigenvalue weighted by molar-refractivity contribution is 0.154. The molecule has 1 aliphatic rings. The third-order valence-corrected chi connectivity index (χ3v) is 5.90. The monoisotopic (exact) mass is 365 g/mol. The molecule has 0 fully saturated rings. The van der Waals surface area contributed by atoms with Crippen LogP contribution in [0.15, 0.2) is 97.2 Å². The molecule has 0 saturated carbocycles. The SMILES string of the molecule is Cn1ncc2c1CN(C(c1ccccc1)(c1ccccc1)c1ccccc1)C2. The van der Waals surface area contributed by atoms with Crippen molar-refractivity contribution in [3.8, 4) is 0 Å². The van der Waals surface area contributed by atoms with Gasteiger partial charge in [-0.3, -0.25) is 9.58 Å². The Hall–Kier alpha value is -3.17. The van der Waals surface area contributed by atoms with E-state index in [-0.39, 0.29) is 5.54 Å². The molecule has 0 aliphatic carbocycles. The summed E-state index contributed by atoms with van der Waals surface area (Å²) >= 11 is 0. The minimum absolute atomic E-state index is 0.358. The molecule has 0 unspecified atom stereocenters. The van der Waals surface area contributed by atoms with E-state index in [1.54, 1.807) is 0 Å². The fourth-order valence-corrected chi connectivity index (χ4v) is 4.61. The number of hydrogen-bond donors (Lipinski definition) is 0. The predicted octanol–water partition coefficient (Wildman–Crippen LogP) is 4.73. The van der Waals surface area contributed by atoms with E-state index >= 15 is 0 Å². The Morgan fingerprint density at radius 2 is 1.14 bits per heavy atom. The Labute approximate surface area is 165 Å². The van der Waals surface area contributed by atoms with Crippen molar-refractivity contribution < 1.29 is 0 Å². The molecule has 0 N–H and O–H groups in total. The highest BCUT2D eigenvalue weighted by atomic mass is 15.3. The van der Waals surface area contributed by atoms with Crippen LogP contribution >= 0.6 is 0 Å². The van der Waals surface area contributed by atoms with Gasteiger partial charge < -0.3 is 0 Å². The van der Waals surface area contributed by atoms with Crippen molar-refractivity contribution in [1.29, 1.82) is 0 Å². The first kappa shape index (κ1) is 17.0. The van der Waals surface area contributed by atoms with Crippen LogP contribution in [-0.4, -0.2) is 14.7 Å². The molecule has 0 atom stereocenters. The second kappa shape index (κ2) is 6.77. The highest BCUT2D eigenvalue weighted by Crippen LogP contribution is 2.45. The Morgan fingerprint density at radius 1 is 0.679 bits per heavy atom. The van der Waals surface area contributed by atoms with Crippen LogP contribution in [0.2, 0.25) is 0 Å². The van der Waals surface area contributed by atoms with Gasteiger partial charge in [0.2, 0.25) is 0 Å². The highest BCUT2D eigenvalue weighted by Gasteiger charge is 2.44. The van der Waals surface area contributed by atoms with E-state index in [4.69, 9.17) is 0 Å². The van der Waals surface area contributed by atoms with Crippen molar-refractivity contribution in [1.82, 2.24) is 14.7 Å². The lowest BCUT2D eigenvalue weighted by Gasteiger charge is -2.43. The zero-order valence-electron chi connectivity index (χ0n) is 16.0. The third-order valence-electron chi connectivity index (χ3n) is 5.90. The molecular weight excluding hydrogens is 342 g/mol. The van der Waals surface area contributed by atoms with Crippen LogP contribution in [0.3, 0.4) is 0 Å². The molecule has 5 rings (SSSR count). The number of rotatable bonds is 4. The molecule has 138 valence electrons. The number of benzene rings is 3. The van der Waals surface area contributed by atoms with E-state index in [0.29, 0.717) is 0 Å². The Morgan fingerprint density at radius 3 is 1.57 bits per heavy atom. The van der Waals surface area contributed by atoms with Gasteiger partial charge in [-0.2, -0.15) is 5.10 Å². The van der Waals surface area contributed by atoms with Crippen LogP contribution < -0.4 is 0 Å². The first-order chi connectivity index (χ1) is 13.8. The maximum absolute atomic E-state index is 4.46. The number of hydrogen-bond acceptors (Lipinski definition) is 2. The van der Waals surface area contributed by atoms with Gasteiger partial charge in [-0.15, -0.1) is 0 Å². The lowest BCUT2D eigenvalue weighted by atomic mass is 9.75. The van der Waals surface area contributed by atoms with Gasteiger partial charge in [-0.25, -0.2) is 0 Å². The smallest absolute Gasteiger partial charge is 0.0979 e. The Bertz CT molecular complexity index is 972. The van der Waals surface area contributed by atoms with E-state index in [1.807, 2.05) is 17.9 Å². The number of fused-ring (bicyclic) bond motifs is 1. The summed E-state index contributed by atoms with van der Waals surface area (Å²) in [5.41, 5.74) is 6.11. The van der Waals surface area contributed by atoms with Crippen LogP contribution in [0.5, 0.6) is 0 Å². The van der Waals surface area contributed by atoms with Crippen molar-refractivity contribution in [2.45, 2.75) is 18.6 Å². The molecule has 0 amide bonds. The summed E-state index contributed by atoms with van der Waals surface area (Å²) in [5, 5.41) is 4.46. The van der Waals surface area contributed by atoms with Gasteiger partial charge in [0.1, 0.15) is 0 Å². The molecule has 0 radical (unpaired) electrons. The fourth-order valence-electron chi connectivity index (χ4n) is 4.61. The summed E-state index contributed by atoms with van der Waals surface area (Å²) in [5.74, 6) is 0. The quantitative estimate of drug-likeness (QED) is 0.488. The average molecular weight is 365 g/mol. The summed E-state index contributed by atoms with van der Waals surface area (Å²) < 4.78 is 2.01. The average Bonchev–Trinajstić information content (AvgIpc) is 3.33. The highest BCUT2D eigenvalue weighted by molar-refractivity contribution is 5.50. The summed E-state index contributed by atoms with van der Waals surface area (Å²) in [6.45, 7) is 1.74. The molecule has 0 saturated heterocycles. The first-order valence-corrected chi connectivity index (χ1v) is 9.71. The number of aromatic nitrogens is 2. The molecule has 1 aromatic heterocycles. The van der Waals surface area contributed by atoms with Crippen molar-refractivity contribution >= 4 is 0 Å². The van der Waals surface area contributed by atoms with Gasteiger partial charge >= 0.3 is 0 Å². The molecule has 28 heavy (non-hydrogen) atoms. The molecule has 3 heteroatoms. The van der Waals surface area contributed by atoms with Crippen molar-refractivity contribution in [2.75, 3.05) is 0 Å². The minimum atomic E-state index is -0.358. The Balaban J connectivity index is 1.79. The van der Waals surface area contributed by atoms with Crippen LogP contribution in [0, 0.1) is 0 Å². The first-order valence-electron chi connectivity index (χ1n) is 9.71. The molecular formula is C25H23N3.